The van der Waals surface area contributed by atoms with Crippen LogP contribution in [0.3, 0.4) is 0 Å². The van der Waals surface area contributed by atoms with Gasteiger partial charge in [-0.2, -0.15) is 4.98 Å². The molecule has 4 aromatic heterocycles. The molecular formula is C67H81N11O11S. The Labute approximate surface area is 524 Å². The molecule has 5 aliphatic heterocycles. The van der Waals surface area contributed by atoms with E-state index in [0.717, 1.165) is 142 Å². The zero-order valence-corrected chi connectivity index (χ0v) is 52.5. The summed E-state index contributed by atoms with van der Waals surface area (Å²) in [5.41, 5.74) is 5.12. The number of fused-ring (bicyclic) bond motifs is 4. The highest BCUT2D eigenvalue weighted by Gasteiger charge is 2.51. The number of anilines is 5. The van der Waals surface area contributed by atoms with Gasteiger partial charge in [0.25, 0.3) is 21.6 Å². The second-order valence-corrected chi connectivity index (χ2v) is 28.3. The number of para-hydroxylation sites is 1. The number of aryl methyl sites for hydroxylation is 1. The lowest BCUT2D eigenvalue weighted by Gasteiger charge is -2.58. The molecule has 90 heavy (non-hydrogen) atoms. The number of rotatable bonds is 16. The highest BCUT2D eigenvalue weighted by Crippen LogP contribution is 2.54. The number of aromatic nitrogens is 3. The molecule has 22 nitrogen and oxygen atoms in total. The fraction of sp³-hybridized carbons (Fsp3) is 0.507. The average molecular weight is 1250 g/mol. The summed E-state index contributed by atoms with van der Waals surface area (Å²) in [4.78, 5) is 51.5. The summed E-state index contributed by atoms with van der Waals surface area (Å²) in [6, 6.07) is 24.0. The van der Waals surface area contributed by atoms with Crippen LogP contribution in [0.4, 0.5) is 34.3 Å². The normalized spacial score (nSPS) is 24.2. The predicted molar refractivity (Wildman–Crippen MR) is 343 cm³/mol. The van der Waals surface area contributed by atoms with Crippen molar-refractivity contribution in [2.75, 3.05) is 98.8 Å². The lowest BCUT2D eigenvalue weighted by molar-refractivity contribution is -0.384. The van der Waals surface area contributed by atoms with Crippen molar-refractivity contribution < 1.29 is 46.6 Å². The summed E-state index contributed by atoms with van der Waals surface area (Å²) < 4.78 is 62.1. The summed E-state index contributed by atoms with van der Waals surface area (Å²) in [6.07, 6.45) is 10.8. The SMILES string of the molecule is Cc1cc2c(CN3CCN(C4CC5(CCN(c6ccc(C(=O)NS(=O)(=O)c7ccc(NCC8CCC(C)(O)CC8)c([N+](=O)[O-])c7)c(N7c8cc9cc[nH]c9nc8O[C@H]8COCC[C@@H]87)c6)CC5)C4)[C@@H](c4ccccc4OC(C)C)C3)cnc(N3CCOCC3)c2o1. The van der Waals surface area contributed by atoms with Crippen LogP contribution < -0.4 is 34.2 Å². The molecule has 2 saturated carbocycles. The highest BCUT2D eigenvalue weighted by atomic mass is 32.2. The number of carbonyl (C=O) groups excluding carboxylic acids is 1. The summed E-state index contributed by atoms with van der Waals surface area (Å²) in [5.74, 6) is 2.33. The van der Waals surface area contributed by atoms with Gasteiger partial charge in [-0.3, -0.25) is 24.7 Å². The number of benzene rings is 3. The number of piperidine rings is 1. The molecule has 2 aliphatic carbocycles. The number of aliphatic hydroxyl groups is 1. The second-order valence-electron chi connectivity index (χ2n) is 26.6. The van der Waals surface area contributed by atoms with E-state index in [4.69, 9.17) is 33.3 Å². The van der Waals surface area contributed by atoms with Gasteiger partial charge in [-0.15, -0.1) is 0 Å². The minimum atomic E-state index is -4.66. The van der Waals surface area contributed by atoms with Gasteiger partial charge in [0.05, 0.1) is 64.7 Å². The third kappa shape index (κ3) is 11.9. The van der Waals surface area contributed by atoms with Crippen molar-refractivity contribution in [2.24, 2.45) is 11.3 Å². The van der Waals surface area contributed by atoms with Crippen LogP contribution in [0.1, 0.15) is 112 Å². The third-order valence-corrected chi connectivity index (χ3v) is 21.5. The van der Waals surface area contributed by atoms with Crippen LogP contribution >= 0.6 is 0 Å². The van der Waals surface area contributed by atoms with Crippen molar-refractivity contribution in [3.8, 4) is 11.6 Å². The first-order chi connectivity index (χ1) is 43.4. The average Bonchev–Trinajstić information content (AvgIpc) is 0.838. The third-order valence-electron chi connectivity index (χ3n) is 20.2. The minimum Gasteiger partial charge on any atom is -0.491 e. The first-order valence-corrected chi connectivity index (χ1v) is 33.6. The maximum absolute atomic E-state index is 14.9. The molecule has 7 aliphatic rings. The van der Waals surface area contributed by atoms with Gasteiger partial charge in [-0.25, -0.2) is 18.1 Å². The number of nitro groups is 1. The number of hydrogen-bond donors (Lipinski definition) is 4. The van der Waals surface area contributed by atoms with Crippen LogP contribution in [0.2, 0.25) is 0 Å². The summed E-state index contributed by atoms with van der Waals surface area (Å²) in [6.45, 7) is 17.0. The number of piperazine rings is 1. The number of ether oxygens (including phenoxy) is 4. The highest BCUT2D eigenvalue weighted by molar-refractivity contribution is 7.90. The molecule has 23 heteroatoms. The van der Waals surface area contributed by atoms with E-state index in [1.165, 1.54) is 17.7 Å². The Hall–Kier alpha value is -7.54. The summed E-state index contributed by atoms with van der Waals surface area (Å²) in [7, 11) is -4.66. The van der Waals surface area contributed by atoms with E-state index in [-0.39, 0.29) is 47.4 Å². The molecule has 3 atom stereocenters. The first kappa shape index (κ1) is 60.0. The number of nitrogens with one attached hydrogen (secondary N) is 3. The van der Waals surface area contributed by atoms with Crippen molar-refractivity contribution in [3.63, 3.8) is 0 Å². The van der Waals surface area contributed by atoms with Gasteiger partial charge < -0.3 is 53.5 Å². The zero-order valence-electron chi connectivity index (χ0n) is 51.7. The lowest BCUT2D eigenvalue weighted by Crippen LogP contribution is -2.59. The molecule has 14 rings (SSSR count). The Balaban J connectivity index is 0.713. The van der Waals surface area contributed by atoms with Gasteiger partial charge in [-0.1, -0.05) is 18.2 Å². The maximum Gasteiger partial charge on any atom is 0.293 e. The molecule has 6 fully saturated rings. The van der Waals surface area contributed by atoms with Crippen molar-refractivity contribution in [3.05, 3.63) is 124 Å². The number of nitro benzene ring substituents is 1. The molecule has 3 aromatic carbocycles. The lowest BCUT2D eigenvalue weighted by atomic mass is 9.59. The fourth-order valence-corrected chi connectivity index (χ4v) is 16.2. The standard InChI is InChI=1S/C67H81N11O11S/c1-42(2)87-59-8-6-5-7-50(59)58-40-73(39-46-38-70-63(75-26-29-85-30-27-75)61-52(46)31-43(3)88-61)24-25-76(58)48-35-67(36-48)19-22-74(23-20-67)47-9-11-51(55(33-47)77-54-16-28-86-41-60(54)89-65-57(77)32-45-15-21-68-62(45)71-65)64(79)72-90(83,84)49-10-12-53(56(34-49)78(81)82)69-37-44-13-17-66(4,80)18-14-44/h5-12,15,21,31-34,38,42,44,48,54,58,60,69,80H,13-14,16-20,22-30,35-37,39-41H2,1-4H3,(H,68,71)(H,72,79)/t44?,54-,58+,60-,66?/m0/s1. The number of furan rings is 1. The van der Waals surface area contributed by atoms with E-state index in [1.54, 1.807) is 6.07 Å². The van der Waals surface area contributed by atoms with E-state index < -0.39 is 43.1 Å². The largest absolute Gasteiger partial charge is 0.491 e. The zero-order chi connectivity index (χ0) is 62.1. The van der Waals surface area contributed by atoms with Crippen LogP contribution in [-0.2, 0) is 26.0 Å². The van der Waals surface area contributed by atoms with Gasteiger partial charge in [0.2, 0.25) is 5.88 Å². The Morgan fingerprint density at radius 2 is 1.71 bits per heavy atom. The van der Waals surface area contributed by atoms with E-state index >= 15 is 0 Å². The molecule has 0 unspecified atom stereocenters. The number of aromatic amines is 1. The van der Waals surface area contributed by atoms with Crippen molar-refractivity contribution in [1.29, 1.82) is 0 Å². The van der Waals surface area contributed by atoms with Crippen molar-refractivity contribution >= 4 is 72.2 Å². The van der Waals surface area contributed by atoms with Gasteiger partial charge in [0.15, 0.2) is 11.4 Å². The molecule has 7 aromatic rings. The van der Waals surface area contributed by atoms with Gasteiger partial charge in [0, 0.05) is 112 Å². The Bertz CT molecular complexity index is 3930. The molecule has 4 N–H and O–H groups in total. The number of carbonyl (C=O) groups is 1. The fourth-order valence-electron chi connectivity index (χ4n) is 15.2. The quantitative estimate of drug-likeness (QED) is 0.0519. The molecule has 9 heterocycles. The van der Waals surface area contributed by atoms with E-state index in [0.29, 0.717) is 74.6 Å². The van der Waals surface area contributed by atoms with E-state index in [1.807, 2.05) is 50.5 Å². The van der Waals surface area contributed by atoms with Crippen LogP contribution in [0, 0.1) is 28.4 Å². The van der Waals surface area contributed by atoms with Gasteiger partial charge >= 0.3 is 0 Å². The van der Waals surface area contributed by atoms with Crippen molar-refractivity contribution in [1.82, 2.24) is 29.5 Å². The van der Waals surface area contributed by atoms with Crippen LogP contribution in [0.5, 0.6) is 11.6 Å². The van der Waals surface area contributed by atoms with Crippen LogP contribution in [0.25, 0.3) is 22.0 Å². The number of amides is 1. The van der Waals surface area contributed by atoms with Crippen LogP contribution in [-0.4, -0.2) is 158 Å². The molecule has 0 radical (unpaired) electrons. The number of pyridine rings is 2. The molecule has 476 valence electrons. The molecular weight excluding hydrogens is 1170 g/mol. The number of nitrogens with zero attached hydrogens (tertiary/aromatic N) is 8. The molecule has 4 saturated heterocycles. The van der Waals surface area contributed by atoms with E-state index in [2.05, 4.69) is 83.7 Å². The minimum absolute atomic E-state index is 0.0190. The number of hydrogen-bond acceptors (Lipinski definition) is 19. The summed E-state index contributed by atoms with van der Waals surface area (Å²) >= 11 is 0. The van der Waals surface area contributed by atoms with Gasteiger partial charge in [0.1, 0.15) is 34.6 Å². The maximum atomic E-state index is 14.9. The van der Waals surface area contributed by atoms with Crippen molar-refractivity contribution in [2.45, 2.75) is 133 Å². The monoisotopic (exact) mass is 1250 g/mol. The predicted octanol–water partition coefficient (Wildman–Crippen LogP) is 10.0. The smallest absolute Gasteiger partial charge is 0.293 e. The first-order valence-electron chi connectivity index (χ1n) is 32.1. The Morgan fingerprint density at radius 1 is 0.911 bits per heavy atom. The molecule has 0 bridgehead atoms. The molecule has 1 spiro atoms. The Morgan fingerprint density at radius 3 is 2.50 bits per heavy atom. The molecule has 1 amide bonds. The summed E-state index contributed by atoms with van der Waals surface area (Å²) in [5, 5.41) is 28.1. The van der Waals surface area contributed by atoms with Crippen LogP contribution in [0.15, 0.2) is 101 Å². The Kier molecular flexibility index (Phi) is 16.2. The number of morpholine rings is 1. The number of sulfonamides is 1. The number of H-pyrrole nitrogens is 1. The van der Waals surface area contributed by atoms with E-state index in [9.17, 15) is 28.4 Å². The topological polar surface area (TPSA) is 246 Å². The van der Waals surface area contributed by atoms with Gasteiger partial charge in [-0.05, 0) is 157 Å². The second kappa shape index (κ2) is 24.3.